The van der Waals surface area contributed by atoms with Crippen molar-refractivity contribution < 1.29 is 9.18 Å². The smallest absolute Gasteiger partial charge is 0.227 e. The van der Waals surface area contributed by atoms with Gasteiger partial charge in [0.2, 0.25) is 5.91 Å². The minimum atomic E-state index is -0.203. The second kappa shape index (κ2) is 7.43. The molecule has 1 aromatic carbocycles. The van der Waals surface area contributed by atoms with E-state index in [2.05, 4.69) is 9.80 Å². The number of halogens is 1. The number of aryl methyl sites for hydroxylation is 1. The van der Waals surface area contributed by atoms with Crippen LogP contribution in [0.25, 0.3) is 0 Å². The van der Waals surface area contributed by atoms with Crippen molar-refractivity contribution in [1.82, 2.24) is 9.80 Å². The Hall–Kier alpha value is -1.42. The van der Waals surface area contributed by atoms with Gasteiger partial charge in [-0.3, -0.25) is 4.79 Å². The summed E-state index contributed by atoms with van der Waals surface area (Å²) < 4.78 is 13.4. The number of carbonyl (C=O) groups is 1. The average molecular weight is 318 g/mol. The first-order chi connectivity index (χ1) is 11.1. The molecule has 2 fully saturated rings. The van der Waals surface area contributed by atoms with Crippen molar-refractivity contribution in [3.05, 3.63) is 35.1 Å². The zero-order valence-electron chi connectivity index (χ0n) is 14.1. The minimum absolute atomic E-state index is 0.194. The molecule has 0 bridgehead atoms. The fraction of sp³-hybridized carbons (Fsp3) is 0.632. The number of likely N-dealkylation sites (tertiary alicyclic amines) is 2. The monoisotopic (exact) mass is 318 g/mol. The van der Waals surface area contributed by atoms with Gasteiger partial charge >= 0.3 is 0 Å². The van der Waals surface area contributed by atoms with Gasteiger partial charge in [0.1, 0.15) is 5.82 Å². The molecule has 2 aliphatic rings. The van der Waals surface area contributed by atoms with Crippen LogP contribution in [0.2, 0.25) is 0 Å². The van der Waals surface area contributed by atoms with Crippen LogP contribution in [0.3, 0.4) is 0 Å². The van der Waals surface area contributed by atoms with Crippen LogP contribution in [0, 0.1) is 12.7 Å². The summed E-state index contributed by atoms with van der Waals surface area (Å²) in [4.78, 5) is 17.3. The van der Waals surface area contributed by atoms with Gasteiger partial charge in [-0.25, -0.2) is 4.39 Å². The summed E-state index contributed by atoms with van der Waals surface area (Å²) in [5.41, 5.74) is 1.53. The number of hydrogen-bond acceptors (Lipinski definition) is 2. The molecule has 2 aliphatic heterocycles. The molecule has 4 heteroatoms. The molecule has 0 saturated carbocycles. The van der Waals surface area contributed by atoms with Crippen LogP contribution in [0.5, 0.6) is 0 Å². The first kappa shape index (κ1) is 16.4. The van der Waals surface area contributed by atoms with Gasteiger partial charge in [0.15, 0.2) is 0 Å². The summed E-state index contributed by atoms with van der Waals surface area (Å²) in [5.74, 6) is -0.00835. The van der Waals surface area contributed by atoms with Crippen molar-refractivity contribution >= 4 is 5.91 Å². The fourth-order valence-electron chi connectivity index (χ4n) is 3.87. The van der Waals surface area contributed by atoms with Crippen molar-refractivity contribution in [2.75, 3.05) is 26.2 Å². The van der Waals surface area contributed by atoms with E-state index in [1.165, 1.54) is 38.4 Å². The number of piperidine rings is 1. The Morgan fingerprint density at radius 2 is 1.91 bits per heavy atom. The van der Waals surface area contributed by atoms with Crippen LogP contribution in [-0.4, -0.2) is 47.9 Å². The van der Waals surface area contributed by atoms with Crippen LogP contribution in [0.15, 0.2) is 18.2 Å². The predicted octanol–water partition coefficient (Wildman–Crippen LogP) is 3.15. The summed E-state index contributed by atoms with van der Waals surface area (Å²) >= 11 is 0. The Morgan fingerprint density at radius 1 is 1.17 bits per heavy atom. The van der Waals surface area contributed by atoms with Crippen LogP contribution in [0.1, 0.15) is 43.2 Å². The molecule has 3 rings (SSSR count). The third-order valence-corrected chi connectivity index (χ3v) is 5.19. The molecule has 126 valence electrons. The SMILES string of the molecule is Cc1cc(CC(=O)N2CCCC[C@H]2CN2CCCC2)ccc1F. The lowest BCUT2D eigenvalue weighted by Gasteiger charge is -2.38. The number of carbonyl (C=O) groups excluding carboxylic acids is 1. The Morgan fingerprint density at radius 3 is 2.65 bits per heavy atom. The predicted molar refractivity (Wildman–Crippen MR) is 89.9 cm³/mol. The molecule has 1 amide bonds. The first-order valence-corrected chi connectivity index (χ1v) is 8.90. The zero-order chi connectivity index (χ0) is 16.2. The van der Waals surface area contributed by atoms with Crippen molar-refractivity contribution in [2.45, 2.75) is 51.5 Å². The minimum Gasteiger partial charge on any atom is -0.338 e. The summed E-state index contributed by atoms with van der Waals surface area (Å²) in [5, 5.41) is 0. The lowest BCUT2D eigenvalue weighted by atomic mass is 10.00. The van der Waals surface area contributed by atoms with Crippen LogP contribution < -0.4 is 0 Å². The van der Waals surface area contributed by atoms with Gasteiger partial charge in [0, 0.05) is 19.1 Å². The Balaban J connectivity index is 1.64. The van der Waals surface area contributed by atoms with Crippen molar-refractivity contribution in [1.29, 1.82) is 0 Å². The van der Waals surface area contributed by atoms with E-state index < -0.39 is 0 Å². The van der Waals surface area contributed by atoms with Gasteiger partial charge in [-0.15, -0.1) is 0 Å². The maximum Gasteiger partial charge on any atom is 0.227 e. The maximum absolute atomic E-state index is 13.4. The highest BCUT2D eigenvalue weighted by Crippen LogP contribution is 2.21. The molecule has 0 spiro atoms. The molecule has 2 saturated heterocycles. The molecular formula is C19H27FN2O. The second-order valence-corrected chi connectivity index (χ2v) is 7.00. The first-order valence-electron chi connectivity index (χ1n) is 8.90. The topological polar surface area (TPSA) is 23.6 Å². The summed E-state index contributed by atoms with van der Waals surface area (Å²) in [6.45, 7) is 6.00. The van der Waals surface area contributed by atoms with Gasteiger partial charge < -0.3 is 9.80 Å². The standard InChI is InChI=1S/C19H27FN2O/c1-15-12-16(7-8-18(15)20)13-19(23)22-11-3-2-6-17(22)14-21-9-4-5-10-21/h7-8,12,17H,2-6,9-11,13-14H2,1H3/t17-/m0/s1. The summed E-state index contributed by atoms with van der Waals surface area (Å²) in [6, 6.07) is 5.36. The van der Waals surface area contributed by atoms with Crippen molar-refractivity contribution in [3.8, 4) is 0 Å². The van der Waals surface area contributed by atoms with Crippen LogP contribution in [0.4, 0.5) is 4.39 Å². The second-order valence-electron chi connectivity index (χ2n) is 7.00. The molecular weight excluding hydrogens is 291 g/mol. The lowest BCUT2D eigenvalue weighted by Crippen LogP contribution is -2.49. The molecule has 0 aliphatic carbocycles. The van der Waals surface area contributed by atoms with E-state index in [4.69, 9.17) is 0 Å². The molecule has 0 aromatic heterocycles. The van der Waals surface area contributed by atoms with E-state index in [1.807, 2.05) is 0 Å². The van der Waals surface area contributed by atoms with Crippen LogP contribution in [-0.2, 0) is 11.2 Å². The molecule has 0 N–H and O–H groups in total. The Bertz CT molecular complexity index is 554. The average Bonchev–Trinajstić information content (AvgIpc) is 3.04. The molecule has 0 radical (unpaired) electrons. The third kappa shape index (κ3) is 4.11. The third-order valence-electron chi connectivity index (χ3n) is 5.19. The molecule has 1 aromatic rings. The fourth-order valence-corrected chi connectivity index (χ4v) is 3.87. The quantitative estimate of drug-likeness (QED) is 0.851. The van der Waals surface area contributed by atoms with Gasteiger partial charge in [0.05, 0.1) is 6.42 Å². The highest BCUT2D eigenvalue weighted by molar-refractivity contribution is 5.79. The lowest BCUT2D eigenvalue weighted by molar-refractivity contribution is -0.134. The number of benzene rings is 1. The molecule has 3 nitrogen and oxygen atoms in total. The molecule has 2 heterocycles. The number of hydrogen-bond donors (Lipinski definition) is 0. The summed E-state index contributed by atoms with van der Waals surface area (Å²) in [6.07, 6.45) is 6.40. The van der Waals surface area contributed by atoms with E-state index in [9.17, 15) is 9.18 Å². The van der Waals surface area contributed by atoms with Gasteiger partial charge in [-0.1, -0.05) is 12.1 Å². The van der Waals surface area contributed by atoms with Crippen LogP contribution >= 0.6 is 0 Å². The van der Waals surface area contributed by atoms with Gasteiger partial charge in [-0.05, 0) is 69.3 Å². The van der Waals surface area contributed by atoms with E-state index in [0.29, 0.717) is 18.0 Å². The van der Waals surface area contributed by atoms with Gasteiger partial charge in [0.25, 0.3) is 0 Å². The molecule has 23 heavy (non-hydrogen) atoms. The number of amides is 1. The molecule has 1 atom stereocenters. The Labute approximate surface area is 138 Å². The van der Waals surface area contributed by atoms with E-state index >= 15 is 0 Å². The highest BCUT2D eigenvalue weighted by Gasteiger charge is 2.28. The molecule has 0 unspecified atom stereocenters. The van der Waals surface area contributed by atoms with E-state index in [-0.39, 0.29) is 11.7 Å². The summed E-state index contributed by atoms with van der Waals surface area (Å²) in [7, 11) is 0. The van der Waals surface area contributed by atoms with E-state index in [1.54, 1.807) is 19.1 Å². The van der Waals surface area contributed by atoms with E-state index in [0.717, 1.165) is 31.5 Å². The van der Waals surface area contributed by atoms with Gasteiger partial charge in [-0.2, -0.15) is 0 Å². The largest absolute Gasteiger partial charge is 0.338 e. The number of nitrogens with zero attached hydrogens (tertiary/aromatic N) is 2. The van der Waals surface area contributed by atoms with Crippen molar-refractivity contribution in [2.24, 2.45) is 0 Å². The Kier molecular flexibility index (Phi) is 5.31. The normalized spacial score (nSPS) is 22.5. The van der Waals surface area contributed by atoms with Crippen molar-refractivity contribution in [3.63, 3.8) is 0 Å². The highest BCUT2D eigenvalue weighted by atomic mass is 19.1. The number of rotatable bonds is 4. The zero-order valence-corrected chi connectivity index (χ0v) is 14.1. The maximum atomic E-state index is 13.4.